The van der Waals surface area contributed by atoms with Crippen LogP contribution in [-0.4, -0.2) is 59.4 Å². The van der Waals surface area contributed by atoms with Crippen LogP contribution in [0.15, 0.2) is 42.5 Å². The summed E-state index contributed by atoms with van der Waals surface area (Å²) in [6.45, 7) is 0.466. The van der Waals surface area contributed by atoms with Gasteiger partial charge in [-0.25, -0.2) is 4.79 Å². The molecule has 0 aliphatic rings. The smallest absolute Gasteiger partial charge is 0.335 e. The molecule has 1 unspecified atom stereocenters. The van der Waals surface area contributed by atoms with E-state index in [4.69, 9.17) is 14.6 Å². The number of nitrogens with one attached hydrogen (secondary N) is 1. The third-order valence-corrected chi connectivity index (χ3v) is 4.31. The van der Waals surface area contributed by atoms with E-state index in [1.54, 1.807) is 18.2 Å². The van der Waals surface area contributed by atoms with Crippen LogP contribution >= 0.6 is 0 Å². The number of rotatable bonds is 10. The van der Waals surface area contributed by atoms with E-state index in [1.807, 2.05) is 6.92 Å². The van der Waals surface area contributed by atoms with Crippen molar-refractivity contribution in [2.45, 2.75) is 13.0 Å². The third-order valence-electron chi connectivity index (χ3n) is 4.31. The van der Waals surface area contributed by atoms with E-state index >= 15 is 0 Å². The molecular weight excluding hydrogens is 394 g/mol. The first-order valence-electron chi connectivity index (χ1n) is 9.01. The predicted octanol–water partition coefficient (Wildman–Crippen LogP) is 1.26. The van der Waals surface area contributed by atoms with Crippen molar-refractivity contribution >= 4 is 23.3 Å². The zero-order valence-corrected chi connectivity index (χ0v) is 16.5. The maximum atomic E-state index is 12.9. The Labute approximate surface area is 172 Å². The topological polar surface area (TPSA) is 142 Å². The van der Waals surface area contributed by atoms with E-state index in [9.17, 15) is 24.6 Å². The number of aliphatic hydroxyl groups is 2. The van der Waals surface area contributed by atoms with E-state index in [0.29, 0.717) is 11.4 Å². The molecule has 0 bridgehead atoms. The molecule has 0 heterocycles. The molecular formula is C21H23NO8. The van der Waals surface area contributed by atoms with Crippen LogP contribution in [0.25, 0.3) is 0 Å². The number of anilines is 1. The number of amides is 1. The second kappa shape index (κ2) is 10.4. The summed E-state index contributed by atoms with van der Waals surface area (Å²) < 4.78 is 10.7. The Balaban J connectivity index is 2.33. The van der Waals surface area contributed by atoms with Gasteiger partial charge in [-0.3, -0.25) is 9.59 Å². The molecule has 9 nitrogen and oxygen atoms in total. The monoisotopic (exact) mass is 417 g/mol. The van der Waals surface area contributed by atoms with Crippen molar-refractivity contribution in [1.29, 1.82) is 0 Å². The zero-order chi connectivity index (χ0) is 22.3. The lowest BCUT2D eigenvalue weighted by Gasteiger charge is -2.21. The van der Waals surface area contributed by atoms with Crippen molar-refractivity contribution in [3.63, 3.8) is 0 Å². The van der Waals surface area contributed by atoms with Crippen LogP contribution in [0, 0.1) is 12.8 Å². The minimum absolute atomic E-state index is 0.00256. The molecule has 0 radical (unpaired) electrons. The lowest BCUT2D eigenvalue weighted by molar-refractivity contribution is -0.139. The van der Waals surface area contributed by atoms with Gasteiger partial charge in [0.1, 0.15) is 11.5 Å². The van der Waals surface area contributed by atoms with E-state index in [0.717, 1.165) is 5.56 Å². The molecule has 4 N–H and O–H groups in total. The summed E-state index contributed by atoms with van der Waals surface area (Å²) in [4.78, 5) is 36.6. The number of carbonyl (C=O) groups is 3. The lowest BCUT2D eigenvalue weighted by atomic mass is 10.0. The highest BCUT2D eigenvalue weighted by molar-refractivity contribution is 6.11. The number of methoxy groups -OCH3 is 1. The summed E-state index contributed by atoms with van der Waals surface area (Å²) in [5, 5.41) is 30.2. The molecule has 0 aromatic heterocycles. The van der Waals surface area contributed by atoms with Crippen molar-refractivity contribution < 1.29 is 39.2 Å². The fourth-order valence-electron chi connectivity index (χ4n) is 2.62. The number of benzene rings is 2. The van der Waals surface area contributed by atoms with Gasteiger partial charge in [0, 0.05) is 0 Å². The average molecular weight is 417 g/mol. The van der Waals surface area contributed by atoms with Crippen molar-refractivity contribution in [2.24, 2.45) is 5.92 Å². The summed E-state index contributed by atoms with van der Waals surface area (Å²) in [7, 11) is 1.43. The molecule has 2 aromatic rings. The number of hydrogen-bond acceptors (Lipinski definition) is 7. The van der Waals surface area contributed by atoms with Crippen LogP contribution in [0.1, 0.15) is 15.9 Å². The van der Waals surface area contributed by atoms with Gasteiger partial charge in [0.2, 0.25) is 6.10 Å². The molecule has 160 valence electrons. The van der Waals surface area contributed by atoms with Gasteiger partial charge in [-0.05, 0) is 48.9 Å². The number of Topliss-reactive ketones (excluding diaryl/α,β-unsaturated/α-hetero) is 1. The lowest BCUT2D eigenvalue weighted by Crippen LogP contribution is -2.45. The molecule has 1 amide bonds. The number of carboxylic acid groups (broad SMARTS) is 1. The summed E-state index contributed by atoms with van der Waals surface area (Å²) in [6, 6.07) is 10.2. The van der Waals surface area contributed by atoms with Crippen LogP contribution in [0.4, 0.5) is 5.69 Å². The third kappa shape index (κ3) is 5.56. The number of ether oxygens (including phenoxy) is 2. The molecule has 2 rings (SSSR count). The Hall–Kier alpha value is -3.43. The second-order valence-corrected chi connectivity index (χ2v) is 6.48. The number of aliphatic hydroxyl groups excluding tert-OH is 2. The Morgan fingerprint density at radius 1 is 1.03 bits per heavy atom. The first-order valence-corrected chi connectivity index (χ1v) is 9.01. The van der Waals surface area contributed by atoms with Crippen molar-refractivity contribution in [1.82, 2.24) is 0 Å². The fraction of sp³-hybridized carbons (Fsp3) is 0.286. The largest absolute Gasteiger partial charge is 0.495 e. The summed E-state index contributed by atoms with van der Waals surface area (Å²) >= 11 is 0. The van der Waals surface area contributed by atoms with Crippen molar-refractivity contribution in [3.8, 4) is 11.5 Å². The predicted molar refractivity (Wildman–Crippen MR) is 107 cm³/mol. The first kappa shape index (κ1) is 22.9. The van der Waals surface area contributed by atoms with Crippen LogP contribution < -0.4 is 14.8 Å². The molecule has 30 heavy (non-hydrogen) atoms. The van der Waals surface area contributed by atoms with Gasteiger partial charge >= 0.3 is 5.97 Å². The van der Waals surface area contributed by atoms with Gasteiger partial charge in [0.25, 0.3) is 5.91 Å². The molecule has 0 saturated heterocycles. The maximum absolute atomic E-state index is 12.9. The summed E-state index contributed by atoms with van der Waals surface area (Å²) in [5.74, 6) is -3.59. The number of aromatic carboxylic acids is 1. The zero-order valence-electron chi connectivity index (χ0n) is 16.5. The van der Waals surface area contributed by atoms with E-state index in [-0.39, 0.29) is 11.3 Å². The van der Waals surface area contributed by atoms with E-state index in [1.165, 1.54) is 31.4 Å². The van der Waals surface area contributed by atoms with Crippen LogP contribution in [0.3, 0.4) is 0 Å². The molecule has 1 atom stereocenters. The Morgan fingerprint density at radius 2 is 1.67 bits per heavy atom. The molecule has 2 aromatic carbocycles. The molecule has 0 saturated carbocycles. The first-order chi connectivity index (χ1) is 14.3. The highest BCUT2D eigenvalue weighted by atomic mass is 16.5. The number of ketones is 1. The van der Waals surface area contributed by atoms with Gasteiger partial charge < -0.3 is 30.1 Å². The molecule has 0 aliphatic carbocycles. The van der Waals surface area contributed by atoms with Crippen LogP contribution in [0.5, 0.6) is 11.5 Å². The van der Waals surface area contributed by atoms with E-state index in [2.05, 4.69) is 5.32 Å². The minimum atomic E-state index is -1.70. The minimum Gasteiger partial charge on any atom is -0.495 e. The van der Waals surface area contributed by atoms with Gasteiger partial charge in [0.15, 0.2) is 5.78 Å². The molecule has 0 spiro atoms. The highest BCUT2D eigenvalue weighted by Gasteiger charge is 2.34. The van der Waals surface area contributed by atoms with Crippen molar-refractivity contribution in [2.75, 3.05) is 25.6 Å². The number of carboxylic acids is 1. The number of aryl methyl sites for hydroxylation is 1. The Bertz CT molecular complexity index is 906. The van der Waals surface area contributed by atoms with Gasteiger partial charge in [-0.1, -0.05) is 6.07 Å². The average Bonchev–Trinajstić information content (AvgIpc) is 2.73. The molecule has 9 heteroatoms. The molecule has 0 fully saturated rings. The standard InChI is InChI=1S/C21H23NO8/c1-12-3-8-17(29-2)16(9-12)22-20(26)19(18(25)14(10-23)11-24)30-15-6-4-13(5-7-15)21(27)28/h3-9,14,19,23-24H,10-11H2,1-2H3,(H,22,26)(H,27,28). The van der Waals surface area contributed by atoms with Gasteiger partial charge in [-0.2, -0.15) is 0 Å². The SMILES string of the molecule is COc1ccc(C)cc1NC(=O)C(Oc1ccc(C(=O)O)cc1)C(=O)C(CO)CO. The Kier molecular flexibility index (Phi) is 7.90. The maximum Gasteiger partial charge on any atom is 0.335 e. The number of carbonyl (C=O) groups excluding carboxylic acids is 2. The van der Waals surface area contributed by atoms with Crippen molar-refractivity contribution in [3.05, 3.63) is 53.6 Å². The normalized spacial score (nSPS) is 11.6. The fourth-order valence-corrected chi connectivity index (χ4v) is 2.62. The highest BCUT2D eigenvalue weighted by Crippen LogP contribution is 2.26. The van der Waals surface area contributed by atoms with Crippen LogP contribution in [0.2, 0.25) is 0 Å². The van der Waals surface area contributed by atoms with Crippen LogP contribution in [-0.2, 0) is 9.59 Å². The summed E-state index contributed by atoms with van der Waals surface area (Å²) in [6.07, 6.45) is -1.70. The second-order valence-electron chi connectivity index (χ2n) is 6.48. The van der Waals surface area contributed by atoms with Gasteiger partial charge in [0.05, 0.1) is 37.5 Å². The van der Waals surface area contributed by atoms with E-state index < -0.39 is 42.9 Å². The Morgan fingerprint density at radius 3 is 2.20 bits per heavy atom. The number of hydrogen-bond donors (Lipinski definition) is 4. The quantitative estimate of drug-likeness (QED) is 0.423. The molecule has 0 aliphatic heterocycles. The van der Waals surface area contributed by atoms with Gasteiger partial charge in [-0.15, -0.1) is 0 Å². The summed E-state index contributed by atoms with van der Waals surface area (Å²) in [5.41, 5.74) is 1.15.